The maximum atomic E-state index is 9.18. The molecule has 3 rings (SSSR count). The number of benzene rings is 3. The summed E-state index contributed by atoms with van der Waals surface area (Å²) in [6, 6.07) is 24.8. The molecule has 0 fully saturated rings. The van der Waals surface area contributed by atoms with Crippen LogP contribution in [0.25, 0.3) is 0 Å². The first-order valence-corrected chi connectivity index (χ1v) is 8.07. The third-order valence-corrected chi connectivity index (χ3v) is 3.75. The molecule has 0 atom stereocenters. The van der Waals surface area contributed by atoms with Gasteiger partial charge in [0.15, 0.2) is 0 Å². The van der Waals surface area contributed by atoms with Crippen molar-refractivity contribution in [1.29, 1.82) is 5.26 Å². The molecular weight excluding hydrogens is 318 g/mol. The molecule has 0 spiro atoms. The number of nitrogens with zero attached hydrogens (tertiary/aromatic N) is 1. The summed E-state index contributed by atoms with van der Waals surface area (Å²) in [4.78, 5) is 0. The molecule has 0 aliphatic heterocycles. The van der Waals surface area contributed by atoms with Gasteiger partial charge < -0.3 is 4.74 Å². The molecule has 0 saturated heterocycles. The summed E-state index contributed by atoms with van der Waals surface area (Å²) in [6.45, 7) is 0. The first-order valence-electron chi connectivity index (χ1n) is 8.07. The minimum Gasteiger partial charge on any atom is -0.495 e. The van der Waals surface area contributed by atoms with Crippen LogP contribution in [0.3, 0.4) is 0 Å². The predicted octanol–water partition coefficient (Wildman–Crippen LogP) is 4.37. The summed E-state index contributed by atoms with van der Waals surface area (Å²) in [6.07, 6.45) is 0. The lowest BCUT2D eigenvalue weighted by molar-refractivity contribution is 0.413. The average molecular weight is 333 g/mol. The van der Waals surface area contributed by atoms with E-state index in [-0.39, 0.29) is 0 Å². The molecule has 0 saturated carbocycles. The highest BCUT2D eigenvalue weighted by molar-refractivity contribution is 5.57. The second-order valence-electron chi connectivity index (χ2n) is 5.40. The number of para-hydroxylation sites is 1. The molecule has 0 bridgehead atoms. The Bertz CT molecular complexity index is 1100. The van der Waals surface area contributed by atoms with Crippen molar-refractivity contribution in [1.82, 2.24) is 0 Å². The number of ether oxygens (including phenoxy) is 1. The summed E-state index contributed by atoms with van der Waals surface area (Å²) < 4.78 is 5.33. The van der Waals surface area contributed by atoms with Gasteiger partial charge >= 0.3 is 0 Å². The molecule has 2 heteroatoms. The van der Waals surface area contributed by atoms with Gasteiger partial charge in [-0.3, -0.25) is 0 Å². The van der Waals surface area contributed by atoms with Crippen molar-refractivity contribution in [2.75, 3.05) is 7.11 Å². The molecular formula is C24H15NO. The monoisotopic (exact) mass is 333 g/mol. The lowest BCUT2D eigenvalue weighted by Gasteiger charge is -2.01. The summed E-state index contributed by atoms with van der Waals surface area (Å²) in [7, 11) is 1.63. The smallest absolute Gasteiger partial charge is 0.134 e. The van der Waals surface area contributed by atoms with Gasteiger partial charge in [0, 0.05) is 16.7 Å². The fraction of sp³-hybridized carbons (Fsp3) is 0.0417. The quantitative estimate of drug-likeness (QED) is 0.620. The van der Waals surface area contributed by atoms with Crippen LogP contribution >= 0.6 is 0 Å². The van der Waals surface area contributed by atoms with E-state index >= 15 is 0 Å². The fourth-order valence-electron chi connectivity index (χ4n) is 2.41. The van der Waals surface area contributed by atoms with Crippen LogP contribution in [0.4, 0.5) is 0 Å². The molecule has 2 nitrogen and oxygen atoms in total. The lowest BCUT2D eigenvalue weighted by Crippen LogP contribution is -1.88. The Balaban J connectivity index is 1.98. The number of rotatable bonds is 1. The first-order chi connectivity index (χ1) is 12.8. The Labute approximate surface area is 153 Å². The van der Waals surface area contributed by atoms with E-state index in [4.69, 9.17) is 4.74 Å². The van der Waals surface area contributed by atoms with Crippen molar-refractivity contribution in [3.63, 3.8) is 0 Å². The van der Waals surface area contributed by atoms with E-state index < -0.39 is 0 Å². The molecule has 3 aromatic rings. The molecule has 0 aliphatic carbocycles. The molecule has 0 heterocycles. The normalized spacial score (nSPS) is 9.08. The van der Waals surface area contributed by atoms with Gasteiger partial charge in [0.2, 0.25) is 0 Å². The van der Waals surface area contributed by atoms with Crippen LogP contribution in [0.5, 0.6) is 5.75 Å². The molecule has 3 aromatic carbocycles. The van der Waals surface area contributed by atoms with Crippen LogP contribution in [0.1, 0.15) is 27.8 Å². The van der Waals surface area contributed by atoms with Gasteiger partial charge in [0.1, 0.15) is 11.8 Å². The maximum absolute atomic E-state index is 9.18. The lowest BCUT2D eigenvalue weighted by atomic mass is 10.1. The summed E-state index contributed by atoms with van der Waals surface area (Å²) in [5.41, 5.74) is 3.76. The second kappa shape index (κ2) is 8.25. The van der Waals surface area contributed by atoms with Crippen LogP contribution < -0.4 is 4.74 Å². The number of hydrogen-bond acceptors (Lipinski definition) is 2. The Kier molecular flexibility index (Phi) is 5.37. The van der Waals surface area contributed by atoms with Crippen molar-refractivity contribution in [2.45, 2.75) is 0 Å². The van der Waals surface area contributed by atoms with Gasteiger partial charge in [-0.25, -0.2) is 0 Å². The SMILES string of the molecule is COc1ccccc1C#Cc1ccccc1C#Cc1ccccc1C#N. The first kappa shape index (κ1) is 16.9. The second-order valence-corrected chi connectivity index (χ2v) is 5.40. The van der Waals surface area contributed by atoms with Gasteiger partial charge in [-0.05, 0) is 36.4 Å². The maximum Gasteiger partial charge on any atom is 0.134 e. The molecule has 0 aromatic heterocycles. The van der Waals surface area contributed by atoms with E-state index in [9.17, 15) is 5.26 Å². The van der Waals surface area contributed by atoms with Crippen LogP contribution in [0.2, 0.25) is 0 Å². The van der Waals surface area contributed by atoms with E-state index in [0.717, 1.165) is 22.4 Å². The van der Waals surface area contributed by atoms with Crippen LogP contribution in [-0.2, 0) is 0 Å². The summed E-state index contributed by atoms with van der Waals surface area (Å²) in [5, 5.41) is 9.18. The van der Waals surface area contributed by atoms with Crippen LogP contribution in [0.15, 0.2) is 72.8 Å². The minimum absolute atomic E-state index is 0.567. The average Bonchev–Trinajstić information content (AvgIpc) is 2.71. The summed E-state index contributed by atoms with van der Waals surface area (Å²) >= 11 is 0. The Morgan fingerprint density at radius 3 is 1.46 bits per heavy atom. The molecule has 0 amide bonds. The van der Waals surface area contributed by atoms with E-state index in [1.54, 1.807) is 13.2 Å². The highest BCUT2D eigenvalue weighted by Crippen LogP contribution is 2.16. The van der Waals surface area contributed by atoms with Gasteiger partial charge in [-0.2, -0.15) is 5.26 Å². The van der Waals surface area contributed by atoms with Crippen molar-refractivity contribution in [3.8, 4) is 35.5 Å². The van der Waals surface area contributed by atoms with Crippen molar-refractivity contribution >= 4 is 0 Å². The molecule has 0 N–H and O–H groups in total. The standard InChI is InChI=1S/C24H15NO/c1-26-24-13-7-6-11-22(24)17-16-20-9-3-2-8-19(20)14-15-21-10-4-5-12-23(21)18-25/h2-13H,1H3. The molecule has 0 unspecified atom stereocenters. The van der Waals surface area contributed by atoms with Crippen molar-refractivity contribution < 1.29 is 4.74 Å². The number of nitriles is 1. The highest BCUT2D eigenvalue weighted by Gasteiger charge is 2.00. The van der Waals surface area contributed by atoms with Gasteiger partial charge in [-0.1, -0.05) is 60.1 Å². The van der Waals surface area contributed by atoms with Crippen LogP contribution in [-0.4, -0.2) is 7.11 Å². The van der Waals surface area contributed by atoms with Gasteiger partial charge in [0.25, 0.3) is 0 Å². The third-order valence-electron chi connectivity index (χ3n) is 3.75. The fourth-order valence-corrected chi connectivity index (χ4v) is 2.41. The highest BCUT2D eigenvalue weighted by atomic mass is 16.5. The summed E-state index contributed by atoms with van der Waals surface area (Å²) in [5.74, 6) is 13.3. The Morgan fingerprint density at radius 1 is 0.577 bits per heavy atom. The Hall–Kier alpha value is -3.93. The molecule has 26 heavy (non-hydrogen) atoms. The zero-order chi connectivity index (χ0) is 18.2. The third kappa shape index (κ3) is 3.93. The zero-order valence-electron chi connectivity index (χ0n) is 14.3. The van der Waals surface area contributed by atoms with E-state index in [1.807, 2.05) is 66.7 Å². The van der Waals surface area contributed by atoms with E-state index in [2.05, 4.69) is 29.8 Å². The minimum atomic E-state index is 0.567. The van der Waals surface area contributed by atoms with Crippen LogP contribution in [0, 0.1) is 35.0 Å². The molecule has 0 radical (unpaired) electrons. The predicted molar refractivity (Wildman–Crippen MR) is 103 cm³/mol. The van der Waals surface area contributed by atoms with Gasteiger partial charge in [-0.15, -0.1) is 0 Å². The van der Waals surface area contributed by atoms with Crippen molar-refractivity contribution in [2.24, 2.45) is 0 Å². The number of hydrogen-bond donors (Lipinski definition) is 0. The van der Waals surface area contributed by atoms with E-state index in [1.165, 1.54) is 0 Å². The van der Waals surface area contributed by atoms with Gasteiger partial charge in [0.05, 0.1) is 18.2 Å². The zero-order valence-corrected chi connectivity index (χ0v) is 14.3. The Morgan fingerprint density at radius 2 is 0.962 bits per heavy atom. The number of methoxy groups -OCH3 is 1. The molecule has 0 aliphatic rings. The molecule has 122 valence electrons. The largest absolute Gasteiger partial charge is 0.495 e. The van der Waals surface area contributed by atoms with Crippen molar-refractivity contribution in [3.05, 3.63) is 101 Å². The van der Waals surface area contributed by atoms with E-state index in [0.29, 0.717) is 11.1 Å². The topological polar surface area (TPSA) is 33.0 Å².